The molecule has 4 amide bonds. The lowest BCUT2D eigenvalue weighted by Gasteiger charge is -2.23. The minimum Gasteiger partial charge on any atom is -0.492 e. The molecule has 0 aliphatic heterocycles. The number of pyridine rings is 2. The fraction of sp³-hybridized carbons (Fsp3) is 0.441. The Bertz CT molecular complexity index is 1820. The van der Waals surface area contributed by atoms with Crippen LogP contribution in [0.2, 0.25) is 0 Å². The number of rotatable bonds is 27. The molecule has 23 heteroatoms. The van der Waals surface area contributed by atoms with Crippen LogP contribution in [0, 0.1) is 0 Å². The van der Waals surface area contributed by atoms with Gasteiger partial charge in [-0.1, -0.05) is 33.7 Å². The van der Waals surface area contributed by atoms with E-state index in [-0.39, 0.29) is 18.7 Å². The van der Waals surface area contributed by atoms with Gasteiger partial charge in [0, 0.05) is 62.0 Å². The molecule has 3 aromatic heterocycles. The molecule has 3 rings (SSSR count). The number of hydrogen-bond donors (Lipinski definition) is 7. The van der Waals surface area contributed by atoms with Gasteiger partial charge in [-0.25, -0.2) is 14.8 Å². The van der Waals surface area contributed by atoms with Crippen LogP contribution in [0.3, 0.4) is 0 Å². The smallest absolute Gasteiger partial charge is 0.334 e. The van der Waals surface area contributed by atoms with E-state index in [1.54, 1.807) is 29.3 Å². The number of hydrogen-bond acceptors (Lipinski definition) is 16. The van der Waals surface area contributed by atoms with E-state index in [2.05, 4.69) is 31.2 Å². The Hall–Kier alpha value is -4.16. The van der Waals surface area contributed by atoms with Crippen molar-refractivity contribution in [2.45, 2.75) is 73.5 Å². The van der Waals surface area contributed by atoms with Crippen LogP contribution in [-0.2, 0) is 34.1 Å². The van der Waals surface area contributed by atoms with Crippen molar-refractivity contribution in [3.05, 3.63) is 60.9 Å². The normalized spacial score (nSPS) is 12.2. The highest BCUT2D eigenvalue weighted by Gasteiger charge is 2.30. The van der Waals surface area contributed by atoms with Crippen molar-refractivity contribution < 1.29 is 52.0 Å². The van der Waals surface area contributed by atoms with Gasteiger partial charge in [-0.05, 0) is 78.0 Å². The first-order valence-electron chi connectivity index (χ1n) is 17.6. The third-order valence-electron chi connectivity index (χ3n) is 7.35. The Morgan fingerprint density at radius 3 is 1.86 bits per heavy atom. The highest BCUT2D eigenvalue weighted by Crippen LogP contribution is 2.30. The lowest BCUT2D eigenvalue weighted by Crippen LogP contribution is -2.56. The molecule has 312 valence electrons. The van der Waals surface area contributed by atoms with Crippen LogP contribution < -0.4 is 26.1 Å². The summed E-state index contributed by atoms with van der Waals surface area (Å²) in [5.41, 5.74) is 0. The first-order valence-corrected chi connectivity index (χ1v) is 23.9. The molecule has 7 N–H and O–H groups in total. The third kappa shape index (κ3) is 20.2. The number of aromatic nitrogens is 3. The molecular weight excluding hydrogens is 843 g/mol. The zero-order valence-electron chi connectivity index (χ0n) is 30.6. The van der Waals surface area contributed by atoms with Gasteiger partial charge in [-0.3, -0.25) is 23.7 Å². The van der Waals surface area contributed by atoms with Gasteiger partial charge in [0.2, 0.25) is 35.4 Å². The highest BCUT2D eigenvalue weighted by atomic mass is 33.1. The molecular formula is C34H45N7O11S5. The summed E-state index contributed by atoms with van der Waals surface area (Å²) < 4.78 is 33.6. The maximum absolute atomic E-state index is 13.5. The molecule has 0 spiro atoms. The molecule has 3 heterocycles. The van der Waals surface area contributed by atoms with E-state index < -0.39 is 76.4 Å². The van der Waals surface area contributed by atoms with Crippen molar-refractivity contribution in [3.63, 3.8) is 0 Å². The lowest BCUT2D eigenvalue weighted by molar-refractivity contribution is -0.145. The number of amides is 4. The van der Waals surface area contributed by atoms with Crippen molar-refractivity contribution in [1.82, 2.24) is 36.0 Å². The molecule has 0 aliphatic rings. The van der Waals surface area contributed by atoms with E-state index in [0.29, 0.717) is 49.1 Å². The van der Waals surface area contributed by atoms with E-state index in [1.807, 2.05) is 30.3 Å². The van der Waals surface area contributed by atoms with Gasteiger partial charge in [0.1, 0.15) is 27.9 Å². The average Bonchev–Trinajstić information content (AvgIpc) is 3.49. The van der Waals surface area contributed by atoms with E-state index in [4.69, 9.17) is 4.84 Å². The first-order chi connectivity index (χ1) is 27.3. The van der Waals surface area contributed by atoms with Crippen LogP contribution in [0.4, 0.5) is 0 Å². The van der Waals surface area contributed by atoms with Crippen LogP contribution in [0.1, 0.15) is 51.4 Å². The molecule has 0 radical (unpaired) electrons. The minimum absolute atomic E-state index is 0.0673. The predicted molar refractivity (Wildman–Crippen MR) is 218 cm³/mol. The molecule has 18 nitrogen and oxygen atoms in total. The molecule has 2 atom stereocenters. The van der Waals surface area contributed by atoms with Gasteiger partial charge in [-0.2, -0.15) is 8.42 Å². The zero-order valence-corrected chi connectivity index (χ0v) is 34.7. The van der Waals surface area contributed by atoms with Crippen LogP contribution >= 0.6 is 43.2 Å². The summed E-state index contributed by atoms with van der Waals surface area (Å²) in [6, 6.07) is 10.3. The van der Waals surface area contributed by atoms with Crippen LogP contribution in [0.15, 0.2) is 71.0 Å². The second-order valence-electron chi connectivity index (χ2n) is 12.0. The summed E-state index contributed by atoms with van der Waals surface area (Å²) in [4.78, 5) is 77.1. The topological polar surface area (TPSA) is 268 Å². The molecule has 0 aromatic carbocycles. The Balaban J connectivity index is 1.50. The first kappa shape index (κ1) is 47.2. The number of nitrogens with zero attached hydrogens (tertiary/aromatic N) is 3. The standard InChI is InChI=1S/C34H45N7O11S5/c42-26(10-7-21-53-55-28-12-2-5-18-36-28)35-17-4-1-9-24(39-27(43)11-8-22-54-56-29-13-3-6-19-37-29)34(48)40-25(23-57(49,50)51)33(47)38-20-16-32(46)52-41-30(44)14-15-31(41)45/h2-3,5-6,12-15,18-19,24-25,44-45H,1,4,7-11,16-17,20-23H2,(H,35,42)(H,38,47)(H,39,43)(H,40,48)(H,49,50,51). The zero-order chi connectivity index (χ0) is 41.5. The minimum atomic E-state index is -4.81. The fourth-order valence-corrected chi connectivity index (χ4v) is 9.21. The third-order valence-corrected chi connectivity index (χ3v) is 12.8. The fourth-order valence-electron chi connectivity index (χ4n) is 4.62. The molecule has 0 aliphatic carbocycles. The van der Waals surface area contributed by atoms with Crippen molar-refractivity contribution in [2.75, 3.05) is 30.3 Å². The Labute approximate surface area is 345 Å². The molecule has 0 saturated carbocycles. The quantitative estimate of drug-likeness (QED) is 0.0330. The maximum Gasteiger partial charge on any atom is 0.334 e. The van der Waals surface area contributed by atoms with E-state index in [0.717, 1.165) is 27.9 Å². The van der Waals surface area contributed by atoms with Crippen molar-refractivity contribution in [2.24, 2.45) is 0 Å². The Morgan fingerprint density at radius 1 is 0.702 bits per heavy atom. The van der Waals surface area contributed by atoms with Gasteiger partial charge >= 0.3 is 5.97 Å². The number of unbranched alkanes of at least 4 members (excludes halogenated alkanes) is 1. The second kappa shape index (κ2) is 26.0. The van der Waals surface area contributed by atoms with E-state index in [1.165, 1.54) is 32.4 Å². The molecule has 0 bridgehead atoms. The van der Waals surface area contributed by atoms with E-state index in [9.17, 15) is 47.2 Å². The lowest BCUT2D eigenvalue weighted by atomic mass is 10.1. The summed E-state index contributed by atoms with van der Waals surface area (Å²) in [5.74, 6) is -4.53. The number of carbonyl (C=O) groups excluding carboxylic acids is 5. The Kier molecular flexibility index (Phi) is 21.5. The maximum atomic E-state index is 13.5. The SMILES string of the molecule is O=C(CCCSSc1ccccn1)NCCCCC(NC(=O)CCCSSc1ccccn1)C(=O)NC(CS(=O)(=O)O)C(=O)NCCC(=O)On1c(O)ccc1O. The molecule has 2 unspecified atom stereocenters. The van der Waals surface area contributed by atoms with Crippen molar-refractivity contribution >= 4 is 82.9 Å². The van der Waals surface area contributed by atoms with Gasteiger partial charge in [0.15, 0.2) is 0 Å². The van der Waals surface area contributed by atoms with Crippen molar-refractivity contribution in [3.8, 4) is 11.8 Å². The monoisotopic (exact) mass is 887 g/mol. The largest absolute Gasteiger partial charge is 0.492 e. The number of aromatic hydroxyl groups is 2. The Morgan fingerprint density at radius 2 is 1.30 bits per heavy atom. The van der Waals surface area contributed by atoms with E-state index >= 15 is 0 Å². The van der Waals surface area contributed by atoms with Gasteiger partial charge in [-0.15, -0.1) is 4.73 Å². The molecule has 57 heavy (non-hydrogen) atoms. The number of nitrogens with one attached hydrogen (secondary N) is 4. The highest BCUT2D eigenvalue weighted by molar-refractivity contribution is 8.77. The molecule has 3 aromatic rings. The van der Waals surface area contributed by atoms with Crippen LogP contribution in [0.25, 0.3) is 0 Å². The summed E-state index contributed by atoms with van der Waals surface area (Å²) >= 11 is 0. The summed E-state index contributed by atoms with van der Waals surface area (Å²) in [7, 11) is 1.29. The van der Waals surface area contributed by atoms with Crippen LogP contribution in [-0.4, -0.2) is 110 Å². The van der Waals surface area contributed by atoms with Crippen molar-refractivity contribution in [1.29, 1.82) is 0 Å². The summed E-state index contributed by atoms with van der Waals surface area (Å²) in [5, 5.41) is 31.0. The molecule has 0 fully saturated rings. The second-order valence-corrected chi connectivity index (χ2v) is 18.3. The van der Waals surface area contributed by atoms with Gasteiger partial charge < -0.3 is 36.3 Å². The molecule has 0 saturated heterocycles. The summed E-state index contributed by atoms with van der Waals surface area (Å²) in [6.45, 7) is -0.105. The van der Waals surface area contributed by atoms with Gasteiger partial charge in [0.05, 0.1) is 6.42 Å². The summed E-state index contributed by atoms with van der Waals surface area (Å²) in [6.07, 6.45) is 5.30. The van der Waals surface area contributed by atoms with Gasteiger partial charge in [0.25, 0.3) is 10.1 Å². The van der Waals surface area contributed by atoms with Crippen LogP contribution in [0.5, 0.6) is 11.8 Å². The average molecular weight is 888 g/mol. The number of carbonyl (C=O) groups is 5. The predicted octanol–water partition coefficient (Wildman–Crippen LogP) is 2.74.